The summed E-state index contributed by atoms with van der Waals surface area (Å²) in [6, 6.07) is 2.71. The van der Waals surface area contributed by atoms with E-state index < -0.39 is 0 Å². The number of likely N-dealkylation sites (N-methyl/N-ethyl adjacent to an activating group) is 1. The SMILES string of the molecule is CN=C(NCc1ccn(C2CCCC2)n1)N(C)CCOCC1CC1. The van der Waals surface area contributed by atoms with E-state index in [1.54, 1.807) is 0 Å². The van der Waals surface area contributed by atoms with Gasteiger partial charge in [-0.1, -0.05) is 12.8 Å². The minimum Gasteiger partial charge on any atom is -0.379 e. The fraction of sp³-hybridized carbons (Fsp3) is 0.778. The molecule has 0 amide bonds. The van der Waals surface area contributed by atoms with Crippen molar-refractivity contribution in [2.75, 3.05) is 33.9 Å². The van der Waals surface area contributed by atoms with Gasteiger partial charge in [-0.25, -0.2) is 0 Å². The molecule has 6 nitrogen and oxygen atoms in total. The van der Waals surface area contributed by atoms with E-state index >= 15 is 0 Å². The Morgan fingerprint density at radius 1 is 1.38 bits per heavy atom. The summed E-state index contributed by atoms with van der Waals surface area (Å²) in [6.07, 6.45) is 9.99. The van der Waals surface area contributed by atoms with Crippen LogP contribution in [0.1, 0.15) is 50.3 Å². The predicted molar refractivity (Wildman–Crippen MR) is 96.1 cm³/mol. The molecular weight excluding hydrogens is 302 g/mol. The summed E-state index contributed by atoms with van der Waals surface area (Å²) in [4.78, 5) is 6.47. The molecule has 3 rings (SSSR count). The predicted octanol–water partition coefficient (Wildman–Crippen LogP) is 2.43. The third-order valence-electron chi connectivity index (χ3n) is 4.98. The second kappa shape index (κ2) is 8.51. The molecule has 0 bridgehead atoms. The van der Waals surface area contributed by atoms with Crippen LogP contribution in [0.25, 0.3) is 0 Å². The maximum absolute atomic E-state index is 5.71. The number of guanidine groups is 1. The maximum Gasteiger partial charge on any atom is 0.193 e. The molecule has 24 heavy (non-hydrogen) atoms. The van der Waals surface area contributed by atoms with E-state index in [0.717, 1.165) is 37.3 Å². The standard InChI is InChI=1S/C18H31N5O/c1-19-18(22(2)11-12-24-14-15-7-8-15)20-13-16-9-10-23(21-16)17-5-3-4-6-17/h9-10,15,17H,3-8,11-14H2,1-2H3,(H,19,20). The van der Waals surface area contributed by atoms with E-state index in [1.807, 2.05) is 14.1 Å². The third-order valence-corrected chi connectivity index (χ3v) is 4.98. The van der Waals surface area contributed by atoms with E-state index in [0.29, 0.717) is 12.6 Å². The average molecular weight is 333 g/mol. The molecule has 1 heterocycles. The summed E-state index contributed by atoms with van der Waals surface area (Å²) in [5, 5.41) is 8.11. The van der Waals surface area contributed by atoms with Crippen LogP contribution in [-0.2, 0) is 11.3 Å². The van der Waals surface area contributed by atoms with Crippen LogP contribution in [-0.4, -0.2) is 54.5 Å². The van der Waals surface area contributed by atoms with Gasteiger partial charge in [-0.15, -0.1) is 0 Å². The normalized spacial score (nSPS) is 19.0. The largest absolute Gasteiger partial charge is 0.379 e. The van der Waals surface area contributed by atoms with Crippen LogP contribution in [0.4, 0.5) is 0 Å². The van der Waals surface area contributed by atoms with Gasteiger partial charge in [0.25, 0.3) is 0 Å². The van der Waals surface area contributed by atoms with Crippen molar-refractivity contribution in [3.05, 3.63) is 18.0 Å². The minimum atomic E-state index is 0.601. The van der Waals surface area contributed by atoms with Gasteiger partial charge in [0.15, 0.2) is 5.96 Å². The Hall–Kier alpha value is -1.56. The molecule has 134 valence electrons. The molecule has 2 aliphatic rings. The van der Waals surface area contributed by atoms with Crippen molar-refractivity contribution in [3.63, 3.8) is 0 Å². The number of ether oxygens (including phenoxy) is 1. The summed E-state index contributed by atoms with van der Waals surface area (Å²) in [7, 11) is 3.87. The van der Waals surface area contributed by atoms with Crippen LogP contribution in [0.2, 0.25) is 0 Å². The zero-order valence-corrected chi connectivity index (χ0v) is 15.1. The second-order valence-electron chi connectivity index (χ2n) is 7.07. The molecule has 0 unspecified atom stereocenters. The van der Waals surface area contributed by atoms with Gasteiger partial charge in [0.1, 0.15) is 0 Å². The van der Waals surface area contributed by atoms with Crippen LogP contribution in [0, 0.1) is 5.92 Å². The number of hydrogen-bond acceptors (Lipinski definition) is 3. The summed E-state index contributed by atoms with van der Waals surface area (Å²) >= 11 is 0. The molecular formula is C18H31N5O. The van der Waals surface area contributed by atoms with Gasteiger partial charge < -0.3 is 15.0 Å². The monoisotopic (exact) mass is 333 g/mol. The van der Waals surface area contributed by atoms with Crippen molar-refractivity contribution in [1.29, 1.82) is 0 Å². The molecule has 0 aromatic carbocycles. The summed E-state index contributed by atoms with van der Waals surface area (Å²) < 4.78 is 7.85. The van der Waals surface area contributed by atoms with E-state index in [2.05, 4.69) is 32.2 Å². The smallest absolute Gasteiger partial charge is 0.193 e. The van der Waals surface area contributed by atoms with Gasteiger partial charge in [-0.05, 0) is 37.7 Å². The molecule has 0 saturated heterocycles. The number of hydrogen-bond donors (Lipinski definition) is 1. The first-order valence-corrected chi connectivity index (χ1v) is 9.30. The Morgan fingerprint density at radius 2 is 2.17 bits per heavy atom. The summed E-state index contributed by atoms with van der Waals surface area (Å²) in [5.41, 5.74) is 1.07. The van der Waals surface area contributed by atoms with E-state index in [-0.39, 0.29) is 0 Å². The van der Waals surface area contributed by atoms with E-state index in [4.69, 9.17) is 9.84 Å². The van der Waals surface area contributed by atoms with Crippen LogP contribution >= 0.6 is 0 Å². The zero-order chi connectivity index (χ0) is 16.8. The number of aromatic nitrogens is 2. The molecule has 6 heteroatoms. The van der Waals surface area contributed by atoms with Gasteiger partial charge in [0, 0.05) is 33.4 Å². The minimum absolute atomic E-state index is 0.601. The Kier molecular flexibility index (Phi) is 6.12. The first-order valence-electron chi connectivity index (χ1n) is 9.30. The fourth-order valence-electron chi connectivity index (χ4n) is 3.24. The molecule has 2 aliphatic carbocycles. The molecule has 2 fully saturated rings. The number of rotatable bonds is 8. The van der Waals surface area contributed by atoms with Crippen molar-refractivity contribution < 1.29 is 4.74 Å². The Labute approximate surface area is 145 Å². The fourth-order valence-corrected chi connectivity index (χ4v) is 3.24. The topological polar surface area (TPSA) is 54.7 Å². The molecule has 0 spiro atoms. The molecule has 1 aromatic rings. The van der Waals surface area contributed by atoms with Gasteiger partial charge in [-0.2, -0.15) is 5.10 Å². The van der Waals surface area contributed by atoms with Crippen LogP contribution < -0.4 is 5.32 Å². The van der Waals surface area contributed by atoms with Gasteiger partial charge in [0.05, 0.1) is 24.9 Å². The average Bonchev–Trinajstić information content (AvgIpc) is 3.06. The Bertz CT molecular complexity index is 531. The van der Waals surface area contributed by atoms with Crippen LogP contribution in [0.5, 0.6) is 0 Å². The highest BCUT2D eigenvalue weighted by molar-refractivity contribution is 5.79. The number of nitrogens with zero attached hydrogens (tertiary/aromatic N) is 4. The molecule has 1 N–H and O–H groups in total. The highest BCUT2D eigenvalue weighted by Gasteiger charge is 2.21. The Morgan fingerprint density at radius 3 is 2.88 bits per heavy atom. The summed E-state index contributed by atoms with van der Waals surface area (Å²) in [5.74, 6) is 1.71. The number of aliphatic imine (C=N–C) groups is 1. The van der Waals surface area contributed by atoms with E-state index in [1.165, 1.54) is 38.5 Å². The van der Waals surface area contributed by atoms with Crippen LogP contribution in [0.3, 0.4) is 0 Å². The second-order valence-corrected chi connectivity index (χ2v) is 7.07. The van der Waals surface area contributed by atoms with Crippen molar-refractivity contribution in [1.82, 2.24) is 20.0 Å². The lowest BCUT2D eigenvalue weighted by molar-refractivity contribution is 0.115. The van der Waals surface area contributed by atoms with Gasteiger partial charge in [0.2, 0.25) is 0 Å². The maximum atomic E-state index is 5.71. The van der Waals surface area contributed by atoms with Crippen molar-refractivity contribution in [3.8, 4) is 0 Å². The number of nitrogens with one attached hydrogen (secondary N) is 1. The van der Waals surface area contributed by atoms with Gasteiger partial charge in [-0.3, -0.25) is 9.67 Å². The lowest BCUT2D eigenvalue weighted by Crippen LogP contribution is -2.40. The Balaban J connectivity index is 1.39. The first kappa shape index (κ1) is 17.3. The van der Waals surface area contributed by atoms with E-state index in [9.17, 15) is 0 Å². The summed E-state index contributed by atoms with van der Waals surface area (Å²) in [6.45, 7) is 3.23. The quantitative estimate of drug-likeness (QED) is 0.451. The van der Waals surface area contributed by atoms with Crippen molar-refractivity contribution in [2.45, 2.75) is 51.1 Å². The molecule has 1 aromatic heterocycles. The van der Waals surface area contributed by atoms with Crippen molar-refractivity contribution >= 4 is 5.96 Å². The highest BCUT2D eigenvalue weighted by atomic mass is 16.5. The molecule has 0 radical (unpaired) electrons. The lowest BCUT2D eigenvalue weighted by atomic mass is 10.3. The van der Waals surface area contributed by atoms with Crippen LogP contribution in [0.15, 0.2) is 17.3 Å². The lowest BCUT2D eigenvalue weighted by Gasteiger charge is -2.21. The highest BCUT2D eigenvalue weighted by Crippen LogP contribution is 2.29. The zero-order valence-electron chi connectivity index (χ0n) is 15.1. The first-order chi connectivity index (χ1) is 11.8. The van der Waals surface area contributed by atoms with Gasteiger partial charge >= 0.3 is 0 Å². The molecule has 2 saturated carbocycles. The van der Waals surface area contributed by atoms with Crippen molar-refractivity contribution in [2.24, 2.45) is 10.9 Å². The molecule has 0 atom stereocenters. The molecule has 0 aliphatic heterocycles. The third kappa shape index (κ3) is 4.97.